The molecule has 3 fully saturated rings. The molecule has 1 aliphatic heterocycles. The number of thioether (sulfide) groups is 1. The van der Waals surface area contributed by atoms with Gasteiger partial charge >= 0.3 is 0 Å². The largest absolute Gasteiger partial charge is 0.306 e. The zero-order valence-electron chi connectivity index (χ0n) is 12.6. The molecule has 1 N–H and O–H groups in total. The number of hydrogen-bond acceptors (Lipinski definition) is 2. The summed E-state index contributed by atoms with van der Waals surface area (Å²) < 4.78 is 0. The van der Waals surface area contributed by atoms with Crippen molar-refractivity contribution in [2.75, 3.05) is 5.75 Å². The van der Waals surface area contributed by atoms with Crippen LogP contribution in [0.2, 0.25) is 0 Å². The third kappa shape index (κ3) is 2.02. The van der Waals surface area contributed by atoms with Crippen LogP contribution in [0, 0.1) is 23.7 Å². The molecule has 5 rings (SSSR count). The molecule has 1 nitrogen and oxygen atoms in total. The SMILES string of the molecule is c1ccc2c(c1)CSCC2NC1CC2CC1C1CCCC21. The smallest absolute Gasteiger partial charge is 0.0417 e. The van der Waals surface area contributed by atoms with Gasteiger partial charge in [0.05, 0.1) is 0 Å². The van der Waals surface area contributed by atoms with Crippen LogP contribution in [-0.4, -0.2) is 11.8 Å². The fourth-order valence-electron chi connectivity index (χ4n) is 6.04. The van der Waals surface area contributed by atoms with Gasteiger partial charge in [-0.25, -0.2) is 0 Å². The predicted molar refractivity (Wildman–Crippen MR) is 89.3 cm³/mol. The van der Waals surface area contributed by atoms with E-state index in [0.717, 1.165) is 29.7 Å². The minimum absolute atomic E-state index is 0.601. The number of hydrogen-bond donors (Lipinski definition) is 1. The van der Waals surface area contributed by atoms with Gasteiger partial charge in [-0.2, -0.15) is 11.8 Å². The summed E-state index contributed by atoms with van der Waals surface area (Å²) in [5, 5.41) is 4.10. The molecule has 0 aromatic heterocycles. The van der Waals surface area contributed by atoms with E-state index < -0.39 is 0 Å². The van der Waals surface area contributed by atoms with Crippen LogP contribution in [0.4, 0.5) is 0 Å². The van der Waals surface area contributed by atoms with Gasteiger partial charge in [-0.05, 0) is 60.5 Å². The number of rotatable bonds is 2. The molecular formula is C19H25NS. The average molecular weight is 299 g/mol. The molecule has 21 heavy (non-hydrogen) atoms. The van der Waals surface area contributed by atoms with E-state index in [-0.39, 0.29) is 0 Å². The Balaban J connectivity index is 1.35. The van der Waals surface area contributed by atoms with Gasteiger partial charge in [0.25, 0.3) is 0 Å². The van der Waals surface area contributed by atoms with Crippen LogP contribution >= 0.6 is 11.8 Å². The van der Waals surface area contributed by atoms with Crippen LogP contribution in [0.15, 0.2) is 24.3 Å². The number of nitrogens with one attached hydrogen (secondary N) is 1. The van der Waals surface area contributed by atoms with Crippen molar-refractivity contribution in [1.82, 2.24) is 5.32 Å². The highest BCUT2D eigenvalue weighted by molar-refractivity contribution is 7.98. The third-order valence-corrected chi connectivity index (χ3v) is 7.90. The van der Waals surface area contributed by atoms with Gasteiger partial charge in [0.1, 0.15) is 0 Å². The van der Waals surface area contributed by atoms with Crippen molar-refractivity contribution in [2.24, 2.45) is 23.7 Å². The molecule has 112 valence electrons. The Morgan fingerprint density at radius 1 is 1.00 bits per heavy atom. The lowest BCUT2D eigenvalue weighted by Gasteiger charge is -2.36. The van der Waals surface area contributed by atoms with E-state index in [1.165, 1.54) is 37.2 Å². The summed E-state index contributed by atoms with van der Waals surface area (Å²) in [6.07, 6.45) is 7.58. The highest BCUT2D eigenvalue weighted by Gasteiger charge is 2.53. The minimum Gasteiger partial charge on any atom is -0.306 e. The Labute approximate surface area is 132 Å². The van der Waals surface area contributed by atoms with E-state index in [1.807, 2.05) is 0 Å². The maximum absolute atomic E-state index is 4.10. The lowest BCUT2D eigenvalue weighted by Crippen LogP contribution is -2.42. The Morgan fingerprint density at radius 2 is 1.90 bits per heavy atom. The van der Waals surface area contributed by atoms with E-state index in [0.29, 0.717) is 6.04 Å². The summed E-state index contributed by atoms with van der Waals surface area (Å²) >= 11 is 2.11. The van der Waals surface area contributed by atoms with E-state index in [2.05, 4.69) is 41.3 Å². The summed E-state index contributed by atoms with van der Waals surface area (Å²) in [4.78, 5) is 0. The molecule has 2 heteroatoms. The Morgan fingerprint density at radius 3 is 2.90 bits per heavy atom. The molecule has 0 spiro atoms. The maximum Gasteiger partial charge on any atom is 0.0417 e. The number of fused-ring (bicyclic) bond motifs is 6. The summed E-state index contributed by atoms with van der Waals surface area (Å²) in [7, 11) is 0. The first-order chi connectivity index (χ1) is 10.4. The molecule has 2 bridgehead atoms. The first-order valence-electron chi connectivity index (χ1n) is 8.82. The maximum atomic E-state index is 4.10. The Bertz CT molecular complexity index is 542. The quantitative estimate of drug-likeness (QED) is 0.869. The van der Waals surface area contributed by atoms with E-state index in [1.54, 1.807) is 17.5 Å². The zero-order chi connectivity index (χ0) is 13.8. The summed E-state index contributed by atoms with van der Waals surface area (Å²) in [6.45, 7) is 0. The van der Waals surface area contributed by atoms with Crippen LogP contribution in [0.3, 0.4) is 0 Å². The van der Waals surface area contributed by atoms with Crippen LogP contribution < -0.4 is 5.32 Å². The molecule has 3 saturated carbocycles. The van der Waals surface area contributed by atoms with Crippen LogP contribution in [0.1, 0.15) is 49.3 Å². The highest BCUT2D eigenvalue weighted by Crippen LogP contribution is 2.59. The molecule has 0 amide bonds. The zero-order valence-corrected chi connectivity index (χ0v) is 13.4. The van der Waals surface area contributed by atoms with Crippen LogP contribution in [0.5, 0.6) is 0 Å². The second-order valence-corrected chi connectivity index (χ2v) is 8.72. The first kappa shape index (κ1) is 13.0. The lowest BCUT2D eigenvalue weighted by atomic mass is 9.79. The average Bonchev–Trinajstić information content (AvgIpc) is 3.20. The van der Waals surface area contributed by atoms with Crippen molar-refractivity contribution in [2.45, 2.75) is 49.9 Å². The number of benzene rings is 1. The second kappa shape index (κ2) is 5.03. The molecule has 6 unspecified atom stereocenters. The van der Waals surface area contributed by atoms with E-state index >= 15 is 0 Å². The fraction of sp³-hybridized carbons (Fsp3) is 0.684. The van der Waals surface area contributed by atoms with E-state index in [4.69, 9.17) is 0 Å². The summed E-state index contributed by atoms with van der Waals surface area (Å²) in [6, 6.07) is 10.5. The van der Waals surface area contributed by atoms with Crippen molar-refractivity contribution in [1.29, 1.82) is 0 Å². The summed E-state index contributed by atoms with van der Waals surface area (Å²) in [5.74, 6) is 6.72. The van der Waals surface area contributed by atoms with Gasteiger partial charge in [-0.15, -0.1) is 0 Å². The standard InChI is InChI=1S/C19H25NS/c1-2-5-15-12(4-1)10-21-11-19(15)20-18-9-13-8-17(18)16-7-3-6-14(13)16/h1-2,4-5,13-14,16-20H,3,6-11H2. The molecule has 1 aromatic carbocycles. The molecule has 3 aliphatic carbocycles. The van der Waals surface area contributed by atoms with Crippen molar-refractivity contribution in [3.8, 4) is 0 Å². The molecular weight excluding hydrogens is 274 g/mol. The Hall–Kier alpha value is -0.470. The van der Waals surface area contributed by atoms with Crippen molar-refractivity contribution < 1.29 is 0 Å². The second-order valence-electron chi connectivity index (χ2n) is 7.69. The third-order valence-electron chi connectivity index (χ3n) is 6.82. The highest BCUT2D eigenvalue weighted by atomic mass is 32.2. The monoisotopic (exact) mass is 299 g/mol. The fourth-order valence-corrected chi connectivity index (χ4v) is 7.15. The molecule has 1 heterocycles. The molecule has 6 atom stereocenters. The van der Waals surface area contributed by atoms with Crippen molar-refractivity contribution in [3.05, 3.63) is 35.4 Å². The topological polar surface area (TPSA) is 12.0 Å². The molecule has 0 saturated heterocycles. The Kier molecular flexibility index (Phi) is 3.11. The molecule has 0 radical (unpaired) electrons. The van der Waals surface area contributed by atoms with Gasteiger partial charge < -0.3 is 5.32 Å². The molecule has 1 aromatic rings. The van der Waals surface area contributed by atoms with Gasteiger partial charge in [0, 0.05) is 23.6 Å². The normalized spacial score (nSPS) is 43.8. The predicted octanol–water partition coefficient (Wildman–Crippen LogP) is 4.39. The van der Waals surface area contributed by atoms with Gasteiger partial charge in [-0.1, -0.05) is 30.7 Å². The van der Waals surface area contributed by atoms with Crippen LogP contribution in [-0.2, 0) is 5.75 Å². The van der Waals surface area contributed by atoms with Crippen molar-refractivity contribution in [3.63, 3.8) is 0 Å². The lowest BCUT2D eigenvalue weighted by molar-refractivity contribution is 0.200. The summed E-state index contributed by atoms with van der Waals surface area (Å²) in [5.41, 5.74) is 3.15. The first-order valence-corrected chi connectivity index (χ1v) is 9.97. The van der Waals surface area contributed by atoms with Gasteiger partial charge in [-0.3, -0.25) is 0 Å². The van der Waals surface area contributed by atoms with Crippen LogP contribution in [0.25, 0.3) is 0 Å². The minimum atomic E-state index is 0.601. The van der Waals surface area contributed by atoms with E-state index in [9.17, 15) is 0 Å². The van der Waals surface area contributed by atoms with Gasteiger partial charge in [0.2, 0.25) is 0 Å². The molecule has 4 aliphatic rings. The van der Waals surface area contributed by atoms with Gasteiger partial charge in [0.15, 0.2) is 0 Å². The van der Waals surface area contributed by atoms with Crippen molar-refractivity contribution >= 4 is 11.8 Å².